The van der Waals surface area contributed by atoms with Crippen molar-refractivity contribution in [2.24, 2.45) is 0 Å². The summed E-state index contributed by atoms with van der Waals surface area (Å²) in [5, 5.41) is 33.3. The van der Waals surface area contributed by atoms with Crippen LogP contribution in [0.2, 0.25) is 0 Å². The third-order valence-corrected chi connectivity index (χ3v) is 16.9. The van der Waals surface area contributed by atoms with Gasteiger partial charge in [-0.3, -0.25) is 33.8 Å². The summed E-state index contributed by atoms with van der Waals surface area (Å²) in [6, 6.07) is 14.2. The van der Waals surface area contributed by atoms with Gasteiger partial charge in [0.25, 0.3) is 17.7 Å². The number of nitrogens with one attached hydrogen (secondary N) is 2. The van der Waals surface area contributed by atoms with Crippen LogP contribution in [0.15, 0.2) is 48.5 Å². The van der Waals surface area contributed by atoms with Crippen LogP contribution in [-0.2, 0) is 34.8 Å². The molecule has 8 heterocycles. The highest BCUT2D eigenvalue weighted by atomic mass is 33.1. The number of aliphatic hydroxyl groups excluding tert-OH is 2. The number of likely N-dealkylation sites (N-methyl/N-ethyl adjacent to an activating group) is 2. The highest BCUT2D eigenvalue weighted by molar-refractivity contribution is 8.78. The molecule has 0 radical (unpaired) electrons. The minimum atomic E-state index is -1.96. The summed E-state index contributed by atoms with van der Waals surface area (Å²) in [5.41, 5.74) is -1.47. The van der Waals surface area contributed by atoms with Crippen molar-refractivity contribution >= 4 is 84.8 Å². The average molecular weight is 713 g/mol. The summed E-state index contributed by atoms with van der Waals surface area (Å²) in [4.78, 5) is 70.4. The third-order valence-electron chi connectivity index (χ3n) is 11.5. The van der Waals surface area contributed by atoms with Gasteiger partial charge < -0.3 is 30.6 Å². The predicted molar refractivity (Wildman–Crippen MR) is 178 cm³/mol. The van der Waals surface area contributed by atoms with Gasteiger partial charge in [0.15, 0.2) is 5.78 Å². The van der Waals surface area contributed by atoms with E-state index in [9.17, 15) is 34.2 Å². The molecule has 0 saturated carbocycles. The van der Waals surface area contributed by atoms with E-state index in [0.717, 1.165) is 37.3 Å². The molecule has 10 rings (SSSR count). The fourth-order valence-electron chi connectivity index (χ4n) is 9.77. The van der Waals surface area contributed by atoms with Crippen molar-refractivity contribution in [1.29, 1.82) is 0 Å². The molecule has 2 aromatic rings. The molecule has 6 saturated heterocycles. The van der Waals surface area contributed by atoms with Crippen molar-refractivity contribution in [2.45, 2.75) is 56.9 Å². The van der Waals surface area contributed by atoms with Crippen LogP contribution in [0.5, 0.6) is 0 Å². The minimum absolute atomic E-state index is 0.258. The number of carbonyl (C=O) groups is 5. The number of thiol groups is 1. The standard InChI is InChI=1S/C30H28N6O7S4/c1-13(37)28-25(43)36-22-27(15-9-5-7-11-17(15)32-22,20(40)30(36,47-46-28)24(42)34(28)3)26-14-8-4-6-10-16(14)31-21(26)35-18(38)12-33(2)23(41)29(35,45-44)19(26)39/h4-11,19-22,31-32,39-40,44H,12H2,1-3H3/t19-,20+,21-,22-,26-,27-,28+,29+,30+/m1/s1. The van der Waals surface area contributed by atoms with E-state index in [2.05, 4.69) is 22.3 Å². The van der Waals surface area contributed by atoms with Crippen LogP contribution in [-0.4, -0.2) is 119 Å². The number of anilines is 2. The number of amides is 4. The summed E-state index contributed by atoms with van der Waals surface area (Å²) in [7, 11) is 5.50. The Kier molecular flexibility index (Phi) is 5.70. The highest BCUT2D eigenvalue weighted by Crippen LogP contribution is 2.76. The van der Waals surface area contributed by atoms with E-state index in [4.69, 9.17) is 0 Å². The number of fused-ring (bicyclic) bond motifs is 11. The van der Waals surface area contributed by atoms with Crippen molar-refractivity contribution in [3.8, 4) is 0 Å². The Balaban J connectivity index is 1.43. The van der Waals surface area contributed by atoms with Crippen molar-refractivity contribution in [3.63, 3.8) is 0 Å². The van der Waals surface area contributed by atoms with Crippen LogP contribution in [0.4, 0.5) is 11.4 Å². The molecular formula is C30H28N6O7S4. The molecule has 0 aliphatic carbocycles. The summed E-state index contributed by atoms with van der Waals surface area (Å²) < 4.78 is 0. The first kappa shape index (κ1) is 30.0. The van der Waals surface area contributed by atoms with Crippen LogP contribution in [0.3, 0.4) is 0 Å². The average Bonchev–Trinajstić information content (AvgIpc) is 3.70. The summed E-state index contributed by atoms with van der Waals surface area (Å²) >= 11 is 4.53. The monoisotopic (exact) mass is 712 g/mol. The number of ketones is 1. The summed E-state index contributed by atoms with van der Waals surface area (Å²) in [6.07, 6.45) is -5.81. The fourth-order valence-corrected chi connectivity index (χ4v) is 15.2. The molecule has 2 aromatic carbocycles. The lowest BCUT2D eigenvalue weighted by Crippen LogP contribution is -2.79. The Morgan fingerprint density at radius 2 is 1.40 bits per heavy atom. The number of hydrogen-bond acceptors (Lipinski definition) is 13. The fraction of sp³-hybridized carbons (Fsp3) is 0.433. The number of Topliss-reactive ketones (excluding diaryl/α,β-unsaturated/α-hetero) is 1. The lowest BCUT2D eigenvalue weighted by Gasteiger charge is -2.57. The minimum Gasteiger partial charge on any atom is -0.388 e. The number of aliphatic hydroxyl groups is 2. The highest BCUT2D eigenvalue weighted by Gasteiger charge is 2.92. The van der Waals surface area contributed by atoms with Crippen molar-refractivity contribution in [2.75, 3.05) is 31.3 Å². The van der Waals surface area contributed by atoms with Gasteiger partial charge in [0, 0.05) is 25.5 Å². The maximum absolute atomic E-state index is 14.8. The van der Waals surface area contributed by atoms with E-state index in [1.165, 1.54) is 35.7 Å². The second kappa shape index (κ2) is 8.92. The molecule has 0 aromatic heterocycles. The maximum Gasteiger partial charge on any atom is 0.271 e. The van der Waals surface area contributed by atoms with Crippen LogP contribution >= 0.6 is 44.0 Å². The SMILES string of the molecule is CC(=O)[C@@]12SS[C@]3(C(=O)N1C)[C@@H](O)[C@]1([C@@]45c6ccccc6N[C@@H]4N4C(=O)CN(C)C(=O)[C@@]4(SS)[C@@H]5O)c4ccccc4N[C@@H]1N3C2=O. The number of para-hydroxylation sites is 2. The van der Waals surface area contributed by atoms with Gasteiger partial charge in [-0.2, -0.15) is 0 Å². The summed E-state index contributed by atoms with van der Waals surface area (Å²) in [5.74, 6) is -2.87. The lowest BCUT2D eigenvalue weighted by atomic mass is 9.52. The zero-order valence-corrected chi connectivity index (χ0v) is 28.4. The molecule has 4 N–H and O–H groups in total. The molecule has 17 heteroatoms. The van der Waals surface area contributed by atoms with Crippen LogP contribution < -0.4 is 10.6 Å². The molecule has 6 fully saturated rings. The lowest BCUT2D eigenvalue weighted by molar-refractivity contribution is -0.169. The van der Waals surface area contributed by atoms with Gasteiger partial charge in [-0.25, -0.2) is 0 Å². The Bertz CT molecular complexity index is 1900. The molecule has 8 aliphatic rings. The number of benzene rings is 2. The Morgan fingerprint density at radius 3 is 1.98 bits per heavy atom. The largest absolute Gasteiger partial charge is 0.388 e. The van der Waals surface area contributed by atoms with Gasteiger partial charge in [0.05, 0.1) is 17.4 Å². The number of piperazine rings is 2. The number of carbonyl (C=O) groups excluding carboxylic acids is 5. The molecular weight excluding hydrogens is 685 g/mol. The molecule has 8 aliphatic heterocycles. The smallest absolute Gasteiger partial charge is 0.271 e. The quantitative estimate of drug-likeness (QED) is 0.169. The molecule has 47 heavy (non-hydrogen) atoms. The number of rotatable bonds is 3. The molecule has 2 bridgehead atoms. The van der Waals surface area contributed by atoms with Gasteiger partial charge in [0.2, 0.25) is 20.5 Å². The molecule has 13 nitrogen and oxygen atoms in total. The van der Waals surface area contributed by atoms with Crippen LogP contribution in [0, 0.1) is 0 Å². The first-order valence-electron chi connectivity index (χ1n) is 14.9. The van der Waals surface area contributed by atoms with E-state index in [-0.39, 0.29) is 6.54 Å². The topological polar surface area (TPSA) is 163 Å². The van der Waals surface area contributed by atoms with Crippen LogP contribution in [0.1, 0.15) is 18.1 Å². The Labute approximate surface area is 285 Å². The number of hydrogen-bond donors (Lipinski definition) is 5. The van der Waals surface area contributed by atoms with Crippen molar-refractivity contribution in [1.82, 2.24) is 19.6 Å². The first-order chi connectivity index (χ1) is 22.4. The van der Waals surface area contributed by atoms with Gasteiger partial charge in [-0.15, -0.1) is 11.7 Å². The zero-order chi connectivity index (χ0) is 33.2. The first-order valence-corrected chi connectivity index (χ1v) is 18.9. The van der Waals surface area contributed by atoms with Gasteiger partial charge in [0.1, 0.15) is 24.5 Å². The van der Waals surface area contributed by atoms with E-state index in [1.807, 2.05) is 0 Å². The molecule has 9 atom stereocenters. The number of nitrogens with zero attached hydrogens (tertiary/aromatic N) is 4. The molecule has 244 valence electrons. The van der Waals surface area contributed by atoms with E-state index in [0.29, 0.717) is 22.5 Å². The predicted octanol–water partition coefficient (Wildman–Crippen LogP) is 0.367. The molecule has 1 spiro atoms. The maximum atomic E-state index is 14.8. The molecule has 4 amide bonds. The van der Waals surface area contributed by atoms with E-state index < -0.39 is 79.4 Å². The van der Waals surface area contributed by atoms with E-state index in [1.54, 1.807) is 48.5 Å². The summed E-state index contributed by atoms with van der Waals surface area (Å²) in [6.45, 7) is 1.00. The van der Waals surface area contributed by atoms with Gasteiger partial charge in [-0.1, -0.05) is 47.2 Å². The zero-order valence-electron chi connectivity index (χ0n) is 25.0. The Morgan fingerprint density at radius 1 is 0.851 bits per heavy atom. The Hall–Kier alpha value is -3.09. The normalized spacial score (nSPS) is 42.1. The van der Waals surface area contributed by atoms with Crippen molar-refractivity contribution < 1.29 is 34.2 Å². The van der Waals surface area contributed by atoms with Crippen LogP contribution in [0.25, 0.3) is 0 Å². The van der Waals surface area contributed by atoms with Gasteiger partial charge >= 0.3 is 0 Å². The second-order valence-corrected chi connectivity index (χ2v) is 16.9. The van der Waals surface area contributed by atoms with E-state index >= 15 is 0 Å². The third kappa shape index (κ3) is 2.67. The second-order valence-electron chi connectivity index (χ2n) is 13.0. The van der Waals surface area contributed by atoms with Gasteiger partial charge in [-0.05, 0) is 51.8 Å². The van der Waals surface area contributed by atoms with Crippen molar-refractivity contribution in [3.05, 3.63) is 59.7 Å². The molecule has 0 unspecified atom stereocenters.